The Morgan fingerprint density at radius 3 is 2.03 bits per heavy atom. The molecule has 1 rings (SSSR count). The van der Waals surface area contributed by atoms with E-state index >= 15 is 0 Å². The topological polar surface area (TPSA) is 151 Å². The molecule has 4 N–H and O–H groups in total. The summed E-state index contributed by atoms with van der Waals surface area (Å²) < 4.78 is 33.4. The summed E-state index contributed by atoms with van der Waals surface area (Å²) in [5, 5.41) is 0. The first kappa shape index (κ1) is 27.8. The highest BCUT2D eigenvalue weighted by molar-refractivity contribution is 7.51. The van der Waals surface area contributed by atoms with Crippen molar-refractivity contribution in [3.63, 3.8) is 0 Å². The number of benzene rings is 1. The minimum atomic E-state index is -4.86. The van der Waals surface area contributed by atoms with Gasteiger partial charge in [-0.15, -0.1) is 0 Å². The van der Waals surface area contributed by atoms with Crippen molar-refractivity contribution in [1.82, 2.24) is 0 Å². The van der Waals surface area contributed by atoms with Gasteiger partial charge in [0.2, 0.25) is 0 Å². The molecule has 0 spiro atoms. The molecular formula is C20H34O9P2. The number of hydrogen-bond donors (Lipinski definition) is 4. The average molecular weight is 480 g/mol. The summed E-state index contributed by atoms with van der Waals surface area (Å²) in [5.41, 5.74) is 0.0905. The molecule has 11 heteroatoms. The number of carbonyl (C=O) groups is 1. The molecule has 1 aromatic carbocycles. The molecule has 0 aliphatic heterocycles. The van der Waals surface area contributed by atoms with Crippen molar-refractivity contribution in [3.05, 3.63) is 22.8 Å². The van der Waals surface area contributed by atoms with E-state index in [1.54, 1.807) is 48.5 Å². The van der Waals surface area contributed by atoms with Crippen molar-refractivity contribution in [3.8, 4) is 11.5 Å². The second kappa shape index (κ2) is 9.74. The zero-order valence-corrected chi connectivity index (χ0v) is 20.9. The van der Waals surface area contributed by atoms with Crippen LogP contribution in [0.25, 0.3) is 0 Å². The molecule has 0 saturated heterocycles. The van der Waals surface area contributed by atoms with Gasteiger partial charge in [0.15, 0.2) is 0 Å². The molecule has 0 fully saturated rings. The molecule has 0 aliphatic rings. The first-order chi connectivity index (χ1) is 13.7. The highest BCUT2D eigenvalue weighted by atomic mass is 31.2. The van der Waals surface area contributed by atoms with E-state index in [0.29, 0.717) is 22.4 Å². The second-order valence-electron chi connectivity index (χ2n) is 9.43. The monoisotopic (exact) mass is 480 g/mol. The van der Waals surface area contributed by atoms with Crippen LogP contribution in [0.5, 0.6) is 11.5 Å². The van der Waals surface area contributed by atoms with Crippen molar-refractivity contribution >= 4 is 21.2 Å². The minimum Gasteiger partial charge on any atom is -0.493 e. The van der Waals surface area contributed by atoms with Gasteiger partial charge >= 0.3 is 15.4 Å². The van der Waals surface area contributed by atoms with Crippen molar-refractivity contribution in [2.24, 2.45) is 5.41 Å². The maximum atomic E-state index is 12.7. The number of rotatable bonds is 10. The lowest BCUT2D eigenvalue weighted by atomic mass is 9.73. The number of phosphoric acid groups is 1. The molecular weight excluding hydrogens is 446 g/mol. The number of ether oxygens (including phenoxy) is 1. The SMILES string of the molecule is Cc1cc(OP(=O)(O)O)c(C(C)(C)CC(=O)C(C)(C)C)c(C)c1OCCCP(=O)(O)O. The Labute approximate surface area is 183 Å². The summed E-state index contributed by atoms with van der Waals surface area (Å²) in [5.74, 6) is 0.372. The van der Waals surface area contributed by atoms with Crippen molar-refractivity contribution in [2.45, 2.75) is 66.7 Å². The maximum absolute atomic E-state index is 12.7. The molecule has 178 valence electrons. The second-order valence-corrected chi connectivity index (χ2v) is 12.4. The lowest BCUT2D eigenvalue weighted by Gasteiger charge is -2.32. The molecule has 0 bridgehead atoms. The quantitative estimate of drug-likeness (QED) is 0.288. The number of Topliss-reactive ketones (excluding diaryl/α,β-unsaturated/α-hetero) is 1. The Kier molecular flexibility index (Phi) is 8.74. The highest BCUT2D eigenvalue weighted by Gasteiger charge is 2.36. The molecule has 31 heavy (non-hydrogen) atoms. The number of hydrogen-bond acceptors (Lipinski definition) is 5. The zero-order valence-electron chi connectivity index (χ0n) is 19.1. The third-order valence-corrected chi connectivity index (χ3v) is 6.17. The normalized spacial score (nSPS) is 13.3. The summed E-state index contributed by atoms with van der Waals surface area (Å²) in [6.45, 7) is 12.4. The summed E-state index contributed by atoms with van der Waals surface area (Å²) in [6, 6.07) is 1.45. The van der Waals surface area contributed by atoms with E-state index in [-0.39, 0.29) is 37.1 Å². The molecule has 0 radical (unpaired) electrons. The minimum absolute atomic E-state index is 0.0243. The van der Waals surface area contributed by atoms with E-state index in [2.05, 4.69) is 0 Å². The molecule has 0 heterocycles. The largest absolute Gasteiger partial charge is 0.524 e. The van der Waals surface area contributed by atoms with Crippen LogP contribution in [-0.2, 0) is 19.3 Å². The van der Waals surface area contributed by atoms with Crippen LogP contribution in [0.3, 0.4) is 0 Å². The summed E-state index contributed by atoms with van der Waals surface area (Å²) in [6.07, 6.45) is -0.0797. The molecule has 0 amide bonds. The van der Waals surface area contributed by atoms with E-state index in [4.69, 9.17) is 19.0 Å². The van der Waals surface area contributed by atoms with Gasteiger partial charge in [0, 0.05) is 22.8 Å². The van der Waals surface area contributed by atoms with Gasteiger partial charge in [-0.25, -0.2) is 4.57 Å². The van der Waals surface area contributed by atoms with Gasteiger partial charge in [-0.1, -0.05) is 34.6 Å². The van der Waals surface area contributed by atoms with Crippen molar-refractivity contribution in [1.29, 1.82) is 0 Å². The van der Waals surface area contributed by atoms with Gasteiger partial charge in [-0.2, -0.15) is 0 Å². The first-order valence-electron chi connectivity index (χ1n) is 9.85. The van der Waals surface area contributed by atoms with Crippen LogP contribution in [0.1, 0.15) is 64.2 Å². The van der Waals surface area contributed by atoms with Crippen LogP contribution in [0.4, 0.5) is 0 Å². The Bertz CT molecular complexity index is 904. The average Bonchev–Trinajstić information content (AvgIpc) is 2.49. The predicted octanol–water partition coefficient (Wildman–Crippen LogP) is 4.00. The van der Waals surface area contributed by atoms with E-state index in [1.165, 1.54) is 6.07 Å². The third kappa shape index (κ3) is 8.68. The van der Waals surface area contributed by atoms with Gasteiger partial charge in [0.1, 0.15) is 17.3 Å². The molecule has 0 unspecified atom stereocenters. The number of phosphoric ester groups is 1. The fourth-order valence-corrected chi connectivity index (χ4v) is 4.33. The molecule has 9 nitrogen and oxygen atoms in total. The number of aryl methyl sites for hydroxylation is 1. The maximum Gasteiger partial charge on any atom is 0.524 e. The van der Waals surface area contributed by atoms with Crippen LogP contribution in [0.2, 0.25) is 0 Å². The van der Waals surface area contributed by atoms with Crippen LogP contribution >= 0.6 is 15.4 Å². The van der Waals surface area contributed by atoms with E-state index in [1.807, 2.05) is 0 Å². The lowest BCUT2D eigenvalue weighted by molar-refractivity contribution is -0.127. The van der Waals surface area contributed by atoms with Gasteiger partial charge in [0.25, 0.3) is 0 Å². The van der Waals surface area contributed by atoms with E-state index < -0.39 is 26.2 Å². The van der Waals surface area contributed by atoms with Crippen LogP contribution < -0.4 is 9.26 Å². The number of carbonyl (C=O) groups excluding carboxylic acids is 1. The summed E-state index contributed by atoms with van der Waals surface area (Å²) in [7, 11) is -9.00. The fraction of sp³-hybridized carbons (Fsp3) is 0.650. The first-order valence-corrected chi connectivity index (χ1v) is 13.2. The van der Waals surface area contributed by atoms with Gasteiger partial charge in [0.05, 0.1) is 12.8 Å². The van der Waals surface area contributed by atoms with Crippen LogP contribution in [-0.4, -0.2) is 38.1 Å². The zero-order chi connectivity index (χ0) is 24.4. The van der Waals surface area contributed by atoms with E-state index in [0.717, 1.165) is 0 Å². The van der Waals surface area contributed by atoms with Crippen molar-refractivity contribution < 1.29 is 42.8 Å². The lowest BCUT2D eigenvalue weighted by Crippen LogP contribution is -2.30. The molecule has 0 aromatic heterocycles. The fourth-order valence-electron chi connectivity index (χ4n) is 3.39. The molecule has 0 atom stereocenters. The standard InChI is InChI=1S/C20H34O9P2/c1-13-11-15(29-31(25,26)27)17(20(6,7)12-16(21)19(3,4)5)14(2)18(13)28-9-8-10-30(22,23)24/h11H,8-10,12H2,1-7H3,(H2,22,23,24)(H2,25,26,27). The highest BCUT2D eigenvalue weighted by Crippen LogP contribution is 2.48. The van der Waals surface area contributed by atoms with Gasteiger partial charge in [-0.05, 0) is 37.5 Å². The predicted molar refractivity (Wildman–Crippen MR) is 118 cm³/mol. The number of ketones is 1. The Morgan fingerprint density at radius 2 is 1.58 bits per heavy atom. The Hall–Kier alpha value is -1.21. The van der Waals surface area contributed by atoms with Crippen molar-refractivity contribution in [2.75, 3.05) is 12.8 Å². The summed E-state index contributed by atoms with van der Waals surface area (Å²) in [4.78, 5) is 49.5. The third-order valence-electron chi connectivity index (χ3n) is 4.84. The molecule has 1 aromatic rings. The van der Waals surface area contributed by atoms with E-state index in [9.17, 15) is 23.7 Å². The summed E-state index contributed by atoms with van der Waals surface area (Å²) >= 11 is 0. The molecule has 0 aliphatic carbocycles. The van der Waals surface area contributed by atoms with Crippen LogP contribution in [0.15, 0.2) is 6.07 Å². The van der Waals surface area contributed by atoms with Gasteiger partial charge in [-0.3, -0.25) is 19.1 Å². The van der Waals surface area contributed by atoms with Crippen LogP contribution in [0, 0.1) is 19.3 Å². The van der Waals surface area contributed by atoms with Gasteiger partial charge < -0.3 is 19.0 Å². The Morgan fingerprint density at radius 1 is 1.03 bits per heavy atom. The smallest absolute Gasteiger partial charge is 0.493 e. The molecule has 0 saturated carbocycles. The Balaban J connectivity index is 3.44.